The number of para-hydroxylation sites is 2. The van der Waals surface area contributed by atoms with Crippen molar-refractivity contribution >= 4 is 23.0 Å². The summed E-state index contributed by atoms with van der Waals surface area (Å²) in [6.45, 7) is 2.73. The normalized spacial score (nSPS) is 17.7. The molecule has 0 radical (unpaired) electrons. The Morgan fingerprint density at radius 2 is 1.68 bits per heavy atom. The van der Waals surface area contributed by atoms with Crippen molar-refractivity contribution in [2.75, 3.05) is 13.2 Å². The first kappa shape index (κ1) is 31.9. The summed E-state index contributed by atoms with van der Waals surface area (Å²) in [6.07, 6.45) is 1.62. The van der Waals surface area contributed by atoms with Gasteiger partial charge in [0.05, 0.1) is 49.3 Å². The van der Waals surface area contributed by atoms with E-state index in [9.17, 15) is 14.7 Å². The number of hydrogen-bond acceptors (Lipinski definition) is 7. The van der Waals surface area contributed by atoms with E-state index in [4.69, 9.17) is 14.2 Å². The van der Waals surface area contributed by atoms with Crippen molar-refractivity contribution in [1.29, 1.82) is 0 Å². The molecule has 6 rings (SSSR count). The van der Waals surface area contributed by atoms with Crippen molar-refractivity contribution in [2.24, 2.45) is 0 Å². The molecule has 4 aromatic carbocycles. The summed E-state index contributed by atoms with van der Waals surface area (Å²) < 4.78 is 20.1. The van der Waals surface area contributed by atoms with E-state index in [-0.39, 0.29) is 32.0 Å². The fraction of sp³-hybridized carbons (Fsp3) is 0.270. The van der Waals surface area contributed by atoms with E-state index in [1.54, 1.807) is 6.92 Å². The van der Waals surface area contributed by atoms with Crippen LogP contribution in [0.1, 0.15) is 48.0 Å². The molecule has 0 aliphatic carbocycles. The lowest BCUT2D eigenvalue weighted by Gasteiger charge is -2.36. The van der Waals surface area contributed by atoms with Crippen LogP contribution >= 0.6 is 0 Å². The lowest BCUT2D eigenvalue weighted by atomic mass is 9.99. The molecule has 1 saturated heterocycles. The Balaban J connectivity index is 1.15. The highest BCUT2D eigenvalue weighted by atomic mass is 16.7. The highest BCUT2D eigenvalue weighted by Crippen LogP contribution is 2.39. The van der Waals surface area contributed by atoms with Gasteiger partial charge in [-0.25, -0.2) is 9.78 Å². The topological polar surface area (TPSA) is 124 Å². The molecule has 2 heterocycles. The van der Waals surface area contributed by atoms with E-state index in [1.165, 1.54) is 0 Å². The number of ether oxygens (including phenoxy) is 3. The number of carbonyl (C=O) groups is 2. The third-order valence-electron chi connectivity index (χ3n) is 8.14. The predicted molar refractivity (Wildman–Crippen MR) is 177 cm³/mol. The van der Waals surface area contributed by atoms with E-state index in [0.29, 0.717) is 19.5 Å². The number of imidazole rings is 1. The van der Waals surface area contributed by atoms with Crippen molar-refractivity contribution in [2.45, 2.75) is 51.5 Å². The second-order valence-corrected chi connectivity index (χ2v) is 11.4. The number of amides is 2. The number of aromatic nitrogens is 2. The lowest BCUT2D eigenvalue weighted by Crippen LogP contribution is -2.38. The van der Waals surface area contributed by atoms with Crippen molar-refractivity contribution in [3.8, 4) is 11.1 Å². The van der Waals surface area contributed by atoms with Gasteiger partial charge in [0.1, 0.15) is 6.54 Å². The van der Waals surface area contributed by atoms with E-state index in [0.717, 1.165) is 44.4 Å². The third kappa shape index (κ3) is 8.04. The maximum atomic E-state index is 12.1. The molecule has 1 fully saturated rings. The van der Waals surface area contributed by atoms with Crippen LogP contribution in [0.25, 0.3) is 22.2 Å². The molecule has 3 atom stereocenters. The average molecular weight is 635 g/mol. The molecular weight excluding hydrogens is 596 g/mol. The highest BCUT2D eigenvalue weighted by molar-refractivity contribution is 5.80. The van der Waals surface area contributed by atoms with Gasteiger partial charge in [0.15, 0.2) is 6.29 Å². The molecule has 242 valence electrons. The highest BCUT2D eigenvalue weighted by Gasteiger charge is 2.32. The first-order chi connectivity index (χ1) is 23.0. The SMILES string of the molecule is CCOC(=O)CNC(=O)NCc1cccc(-c2ccc([C@H]3O[C@@H](Cn4cnc5ccccc54)C[C@@H](c4ccc(CO)cc4)O3)cc2)c1. The van der Waals surface area contributed by atoms with Crippen molar-refractivity contribution in [3.63, 3.8) is 0 Å². The number of fused-ring (bicyclic) bond motifs is 1. The molecule has 0 bridgehead atoms. The summed E-state index contributed by atoms with van der Waals surface area (Å²) >= 11 is 0. The third-order valence-corrected chi connectivity index (χ3v) is 8.14. The number of urea groups is 1. The number of aliphatic hydroxyl groups excluding tert-OH is 1. The summed E-state index contributed by atoms with van der Waals surface area (Å²) in [5, 5.41) is 14.8. The minimum atomic E-state index is -0.580. The second kappa shape index (κ2) is 15.0. The maximum Gasteiger partial charge on any atom is 0.325 e. The van der Waals surface area contributed by atoms with E-state index < -0.39 is 18.3 Å². The minimum Gasteiger partial charge on any atom is -0.465 e. The monoisotopic (exact) mass is 634 g/mol. The number of hydrogen-bond donors (Lipinski definition) is 3. The quantitative estimate of drug-likeness (QED) is 0.157. The maximum absolute atomic E-state index is 12.1. The molecule has 5 aromatic rings. The molecule has 0 spiro atoms. The van der Waals surface area contributed by atoms with Gasteiger partial charge in [-0.1, -0.05) is 78.9 Å². The Bertz CT molecular complexity index is 1800. The van der Waals surface area contributed by atoms with Crippen LogP contribution in [0.2, 0.25) is 0 Å². The zero-order valence-electron chi connectivity index (χ0n) is 26.2. The van der Waals surface area contributed by atoms with Crippen molar-refractivity contribution < 1.29 is 28.9 Å². The Morgan fingerprint density at radius 3 is 2.47 bits per heavy atom. The summed E-state index contributed by atoms with van der Waals surface area (Å²) in [4.78, 5) is 28.1. The van der Waals surface area contributed by atoms with Crippen LogP contribution in [-0.2, 0) is 38.7 Å². The Morgan fingerprint density at radius 1 is 0.894 bits per heavy atom. The lowest BCUT2D eigenvalue weighted by molar-refractivity contribution is -0.252. The predicted octanol–water partition coefficient (Wildman–Crippen LogP) is 5.80. The molecule has 10 nitrogen and oxygen atoms in total. The standard InChI is InChI=1S/C37H38N4O6/c1-2-45-35(43)21-39-37(44)38-20-26-6-5-7-30(18-26)27-14-16-29(17-15-27)36-46-31(22-41-24-40-32-8-3-4-9-33(32)41)19-34(47-36)28-12-10-25(23-42)11-13-28/h3-18,24,31,34,36,42H,2,19-23H2,1H3,(H2,38,39,44)/t31-,34+,36+/m1/s1. The molecule has 3 N–H and O–H groups in total. The van der Waals surface area contributed by atoms with E-state index in [2.05, 4.69) is 26.3 Å². The fourth-order valence-electron chi connectivity index (χ4n) is 5.71. The number of carbonyl (C=O) groups excluding carboxylic acids is 2. The summed E-state index contributed by atoms with van der Waals surface area (Å²) in [5.41, 5.74) is 7.72. The smallest absolute Gasteiger partial charge is 0.325 e. The molecular formula is C37H38N4O6. The van der Waals surface area contributed by atoms with Crippen LogP contribution in [0.5, 0.6) is 0 Å². The Kier molecular flexibility index (Phi) is 10.2. The van der Waals surface area contributed by atoms with Gasteiger partial charge in [-0.3, -0.25) is 4.79 Å². The first-order valence-electron chi connectivity index (χ1n) is 15.8. The number of nitrogens with one attached hydrogen (secondary N) is 2. The van der Waals surface area contributed by atoms with Crippen LogP contribution in [-0.4, -0.2) is 45.9 Å². The number of nitrogens with zero attached hydrogens (tertiary/aromatic N) is 2. The van der Waals surface area contributed by atoms with Crippen LogP contribution in [0.15, 0.2) is 103 Å². The van der Waals surface area contributed by atoms with Gasteiger partial charge in [0.2, 0.25) is 0 Å². The van der Waals surface area contributed by atoms with Crippen LogP contribution < -0.4 is 10.6 Å². The summed E-state index contributed by atoms with van der Waals surface area (Å²) in [5.74, 6) is -0.480. The fourth-order valence-corrected chi connectivity index (χ4v) is 5.71. The molecule has 2 amide bonds. The first-order valence-corrected chi connectivity index (χ1v) is 15.8. The van der Waals surface area contributed by atoms with Gasteiger partial charge in [-0.05, 0) is 52.9 Å². The molecule has 0 unspecified atom stereocenters. The number of rotatable bonds is 11. The second-order valence-electron chi connectivity index (χ2n) is 11.4. The summed E-state index contributed by atoms with van der Waals surface area (Å²) in [6, 6.07) is 31.5. The minimum absolute atomic E-state index is 0.00784. The molecule has 1 aromatic heterocycles. The molecule has 1 aliphatic rings. The van der Waals surface area contributed by atoms with Crippen LogP contribution in [0.3, 0.4) is 0 Å². The van der Waals surface area contributed by atoms with Crippen molar-refractivity contribution in [1.82, 2.24) is 20.2 Å². The molecule has 10 heteroatoms. The van der Waals surface area contributed by atoms with Gasteiger partial charge in [-0.15, -0.1) is 0 Å². The number of benzene rings is 4. The Hall–Kier alpha value is -5.03. The van der Waals surface area contributed by atoms with Crippen LogP contribution in [0.4, 0.5) is 4.79 Å². The van der Waals surface area contributed by atoms with E-state index in [1.807, 2.05) is 97.3 Å². The van der Waals surface area contributed by atoms with Gasteiger partial charge in [0.25, 0.3) is 0 Å². The van der Waals surface area contributed by atoms with Gasteiger partial charge < -0.3 is 34.5 Å². The Labute approximate surface area is 273 Å². The molecule has 0 saturated carbocycles. The van der Waals surface area contributed by atoms with Gasteiger partial charge in [0, 0.05) is 18.5 Å². The zero-order valence-corrected chi connectivity index (χ0v) is 26.2. The molecule has 1 aliphatic heterocycles. The average Bonchev–Trinajstić information content (AvgIpc) is 3.52. The largest absolute Gasteiger partial charge is 0.465 e. The van der Waals surface area contributed by atoms with E-state index >= 15 is 0 Å². The van der Waals surface area contributed by atoms with Crippen LogP contribution in [0, 0.1) is 0 Å². The number of esters is 1. The molecule has 47 heavy (non-hydrogen) atoms. The van der Waals surface area contributed by atoms with Crippen molar-refractivity contribution in [3.05, 3.63) is 126 Å². The zero-order chi connectivity index (χ0) is 32.6. The van der Waals surface area contributed by atoms with Gasteiger partial charge in [-0.2, -0.15) is 0 Å². The summed E-state index contributed by atoms with van der Waals surface area (Å²) in [7, 11) is 0. The van der Waals surface area contributed by atoms with Gasteiger partial charge >= 0.3 is 12.0 Å². The number of aliphatic hydroxyl groups is 1.